The second kappa shape index (κ2) is 4.46. The van der Waals surface area contributed by atoms with Crippen molar-refractivity contribution in [3.63, 3.8) is 0 Å². The summed E-state index contributed by atoms with van der Waals surface area (Å²) in [7, 11) is 0. The van der Waals surface area contributed by atoms with Crippen molar-refractivity contribution in [1.29, 1.82) is 0 Å². The van der Waals surface area contributed by atoms with E-state index in [-0.39, 0.29) is 12.0 Å². The Balaban J connectivity index is 2.36. The minimum absolute atomic E-state index is 0.0387. The Morgan fingerprint density at radius 2 is 1.83 bits per heavy atom. The molecule has 12 heavy (non-hydrogen) atoms. The lowest BCUT2D eigenvalue weighted by Gasteiger charge is -2.05. The zero-order valence-electron chi connectivity index (χ0n) is 6.37. The molecule has 7 heteroatoms. The highest BCUT2D eigenvalue weighted by molar-refractivity contribution is 4.82. The lowest BCUT2D eigenvalue weighted by atomic mass is 10.1. The maximum Gasteiger partial charge on any atom is 0.0840 e. The molecule has 1 atom stereocenters. The van der Waals surface area contributed by atoms with Crippen LogP contribution in [0.15, 0.2) is 10.2 Å². The Morgan fingerprint density at radius 1 is 1.33 bits per heavy atom. The summed E-state index contributed by atoms with van der Waals surface area (Å²) in [6.07, 6.45) is 0.112. The van der Waals surface area contributed by atoms with E-state index < -0.39 is 0 Å². The Morgan fingerprint density at radius 3 is 2.17 bits per heavy atom. The van der Waals surface area contributed by atoms with Crippen molar-refractivity contribution in [3.05, 3.63) is 20.9 Å². The van der Waals surface area contributed by atoms with E-state index >= 15 is 0 Å². The van der Waals surface area contributed by atoms with E-state index in [1.54, 1.807) is 0 Å². The van der Waals surface area contributed by atoms with Gasteiger partial charge in [0.15, 0.2) is 0 Å². The molecule has 1 aliphatic heterocycles. The molecule has 0 N–H and O–H groups in total. The van der Waals surface area contributed by atoms with Crippen LogP contribution in [0.1, 0.15) is 0 Å². The monoisotopic (exact) mass is 168 g/mol. The number of azide groups is 2. The van der Waals surface area contributed by atoms with Gasteiger partial charge in [-0.1, -0.05) is 10.2 Å². The number of ether oxygens (including phenoxy) is 1. The largest absolute Gasteiger partial charge is 0.373 e. The van der Waals surface area contributed by atoms with Crippen molar-refractivity contribution in [2.45, 2.75) is 6.10 Å². The highest BCUT2D eigenvalue weighted by Gasteiger charge is 2.31. The number of epoxide rings is 1. The van der Waals surface area contributed by atoms with E-state index in [1.165, 1.54) is 0 Å². The van der Waals surface area contributed by atoms with Crippen molar-refractivity contribution in [2.24, 2.45) is 16.1 Å². The van der Waals surface area contributed by atoms with E-state index in [1.807, 2.05) is 0 Å². The Labute approximate surface area is 68.6 Å². The summed E-state index contributed by atoms with van der Waals surface area (Å²) < 4.78 is 5.00. The average molecular weight is 168 g/mol. The zero-order valence-corrected chi connectivity index (χ0v) is 6.37. The highest BCUT2D eigenvalue weighted by atomic mass is 16.6. The first-order valence-corrected chi connectivity index (χ1v) is 3.51. The van der Waals surface area contributed by atoms with Crippen molar-refractivity contribution < 1.29 is 4.74 Å². The third-order valence-corrected chi connectivity index (χ3v) is 1.64. The summed E-state index contributed by atoms with van der Waals surface area (Å²) in [6.45, 7) is 1.34. The molecule has 7 nitrogen and oxygen atoms in total. The van der Waals surface area contributed by atoms with Crippen LogP contribution in [0, 0.1) is 5.92 Å². The molecule has 0 aromatic rings. The topological polar surface area (TPSA) is 110 Å². The minimum Gasteiger partial charge on any atom is -0.373 e. The van der Waals surface area contributed by atoms with Crippen LogP contribution in [0.25, 0.3) is 20.9 Å². The summed E-state index contributed by atoms with van der Waals surface area (Å²) in [6, 6.07) is 0. The average Bonchev–Trinajstić information content (AvgIpc) is 2.88. The number of nitrogens with zero attached hydrogens (tertiary/aromatic N) is 6. The standard InChI is InChI=1S/C5H8N6O/c6-10-8-1-4(2-9-11-7)5-3-12-5/h4-5H,1-3H2. The quantitative estimate of drug-likeness (QED) is 0.264. The molecule has 0 aromatic carbocycles. The van der Waals surface area contributed by atoms with Gasteiger partial charge in [0.1, 0.15) is 0 Å². The molecule has 1 heterocycles. The minimum atomic E-state index is 0.0387. The Kier molecular flexibility index (Phi) is 3.22. The van der Waals surface area contributed by atoms with Gasteiger partial charge in [-0.15, -0.1) is 0 Å². The molecular formula is C5H8N6O. The SMILES string of the molecule is [N-]=[N+]=NCC(CN=[N+]=[N-])C1CO1. The molecule has 0 bridgehead atoms. The van der Waals surface area contributed by atoms with E-state index in [4.69, 9.17) is 15.8 Å². The van der Waals surface area contributed by atoms with Gasteiger partial charge in [0.25, 0.3) is 0 Å². The third kappa shape index (κ3) is 2.67. The molecule has 1 rings (SSSR count). The second-order valence-corrected chi connectivity index (χ2v) is 2.46. The molecule has 0 amide bonds. The first-order valence-electron chi connectivity index (χ1n) is 3.51. The predicted octanol–water partition coefficient (Wildman–Crippen LogP) is 1.62. The summed E-state index contributed by atoms with van der Waals surface area (Å²) in [5.41, 5.74) is 16.1. The van der Waals surface area contributed by atoms with E-state index in [2.05, 4.69) is 20.1 Å². The highest BCUT2D eigenvalue weighted by Crippen LogP contribution is 2.20. The number of hydrogen-bond donors (Lipinski definition) is 0. The number of rotatable bonds is 5. The number of hydrogen-bond acceptors (Lipinski definition) is 3. The van der Waals surface area contributed by atoms with Crippen LogP contribution in [0.2, 0.25) is 0 Å². The summed E-state index contributed by atoms with van der Waals surface area (Å²) in [4.78, 5) is 5.26. The lowest BCUT2D eigenvalue weighted by Crippen LogP contribution is -2.15. The van der Waals surface area contributed by atoms with Crippen molar-refractivity contribution in [2.75, 3.05) is 19.7 Å². The fourth-order valence-corrected chi connectivity index (χ4v) is 0.903. The fraction of sp³-hybridized carbons (Fsp3) is 1.00. The van der Waals surface area contributed by atoms with Crippen LogP contribution in [0.5, 0.6) is 0 Å². The van der Waals surface area contributed by atoms with Gasteiger partial charge < -0.3 is 4.74 Å². The van der Waals surface area contributed by atoms with Crippen LogP contribution in [-0.2, 0) is 4.74 Å². The van der Waals surface area contributed by atoms with Crippen molar-refractivity contribution in [1.82, 2.24) is 0 Å². The molecule has 64 valence electrons. The molecule has 1 saturated heterocycles. The van der Waals surface area contributed by atoms with Crippen LogP contribution < -0.4 is 0 Å². The van der Waals surface area contributed by atoms with Crippen molar-refractivity contribution in [3.8, 4) is 0 Å². The van der Waals surface area contributed by atoms with Gasteiger partial charge in [-0.2, -0.15) is 0 Å². The molecule has 1 aliphatic rings. The molecule has 0 saturated carbocycles. The van der Waals surface area contributed by atoms with Gasteiger partial charge in [0.05, 0.1) is 12.7 Å². The van der Waals surface area contributed by atoms with Crippen LogP contribution in [0.4, 0.5) is 0 Å². The smallest absolute Gasteiger partial charge is 0.0840 e. The van der Waals surface area contributed by atoms with E-state index in [0.29, 0.717) is 19.7 Å². The predicted molar refractivity (Wildman–Crippen MR) is 41.3 cm³/mol. The van der Waals surface area contributed by atoms with Gasteiger partial charge in [0.2, 0.25) is 0 Å². The van der Waals surface area contributed by atoms with Crippen LogP contribution >= 0.6 is 0 Å². The summed E-state index contributed by atoms with van der Waals surface area (Å²) in [5.74, 6) is 0.0387. The molecule has 0 aliphatic carbocycles. The zero-order chi connectivity index (χ0) is 8.81. The van der Waals surface area contributed by atoms with Crippen molar-refractivity contribution >= 4 is 0 Å². The summed E-state index contributed by atoms with van der Waals surface area (Å²) in [5, 5.41) is 6.81. The fourth-order valence-electron chi connectivity index (χ4n) is 0.903. The molecule has 0 radical (unpaired) electrons. The van der Waals surface area contributed by atoms with E-state index in [0.717, 1.165) is 0 Å². The molecule has 1 unspecified atom stereocenters. The first-order chi connectivity index (χ1) is 5.88. The second-order valence-electron chi connectivity index (χ2n) is 2.46. The molecule has 0 spiro atoms. The van der Waals surface area contributed by atoms with Crippen LogP contribution in [0.3, 0.4) is 0 Å². The normalized spacial score (nSPS) is 21.8. The van der Waals surface area contributed by atoms with Gasteiger partial charge in [-0.25, -0.2) is 0 Å². The Hall–Kier alpha value is -1.42. The Bertz CT molecular complexity index is 216. The van der Waals surface area contributed by atoms with Gasteiger partial charge in [-0.3, -0.25) is 0 Å². The molecule has 0 aromatic heterocycles. The molecule has 1 fully saturated rings. The lowest BCUT2D eigenvalue weighted by molar-refractivity contribution is 0.336. The summed E-state index contributed by atoms with van der Waals surface area (Å²) >= 11 is 0. The maximum atomic E-state index is 8.06. The van der Waals surface area contributed by atoms with E-state index in [9.17, 15) is 0 Å². The van der Waals surface area contributed by atoms with Gasteiger partial charge in [0, 0.05) is 22.9 Å². The molecular weight excluding hydrogens is 160 g/mol. The maximum absolute atomic E-state index is 8.06. The van der Waals surface area contributed by atoms with Gasteiger partial charge in [-0.05, 0) is 17.0 Å². The third-order valence-electron chi connectivity index (χ3n) is 1.64. The van der Waals surface area contributed by atoms with Crippen LogP contribution in [-0.4, -0.2) is 25.8 Å². The van der Waals surface area contributed by atoms with Gasteiger partial charge >= 0.3 is 0 Å². The first kappa shape index (κ1) is 8.67.